The van der Waals surface area contributed by atoms with Crippen LogP contribution in [0.3, 0.4) is 0 Å². The first-order valence-electron chi connectivity index (χ1n) is 7.10. The molecule has 1 aromatic heterocycles. The number of amides is 1. The zero-order chi connectivity index (χ0) is 16.6. The van der Waals surface area contributed by atoms with Gasteiger partial charge in [-0.3, -0.25) is 9.48 Å². The molecule has 1 aliphatic carbocycles. The van der Waals surface area contributed by atoms with E-state index in [4.69, 9.17) is 4.74 Å². The van der Waals surface area contributed by atoms with Gasteiger partial charge in [-0.25, -0.2) is 13.1 Å². The molecule has 7 nitrogen and oxygen atoms in total. The number of methoxy groups -OCH3 is 1. The lowest BCUT2D eigenvalue weighted by atomic mass is 10.1. The van der Waals surface area contributed by atoms with E-state index in [-0.39, 0.29) is 16.7 Å². The standard InChI is InChI=1S/C15H17N3O4S/c1-18-9-12(8-16-18)23(20,21)17-15(19)14-7-13(14)10-3-5-11(22-2)6-4-10/h3-6,8-9,13-14H,7H2,1-2H3,(H,17,19)/t13-,14-/m0/s1. The third-order valence-electron chi connectivity index (χ3n) is 3.90. The molecule has 23 heavy (non-hydrogen) atoms. The largest absolute Gasteiger partial charge is 0.497 e. The predicted molar refractivity (Wildman–Crippen MR) is 82.4 cm³/mol. The molecule has 8 heteroatoms. The molecule has 1 heterocycles. The van der Waals surface area contributed by atoms with E-state index in [0.29, 0.717) is 6.42 Å². The van der Waals surface area contributed by atoms with Gasteiger partial charge in [-0.2, -0.15) is 5.10 Å². The smallest absolute Gasteiger partial charge is 0.267 e. The van der Waals surface area contributed by atoms with Gasteiger partial charge in [0.05, 0.1) is 13.3 Å². The van der Waals surface area contributed by atoms with Crippen LogP contribution in [0.1, 0.15) is 17.9 Å². The quantitative estimate of drug-likeness (QED) is 0.881. The summed E-state index contributed by atoms with van der Waals surface area (Å²) in [4.78, 5) is 12.1. The molecule has 1 N–H and O–H groups in total. The Hall–Kier alpha value is -2.35. The first kappa shape index (κ1) is 15.5. The first-order chi connectivity index (χ1) is 10.9. The van der Waals surface area contributed by atoms with Gasteiger partial charge in [-0.05, 0) is 30.0 Å². The van der Waals surface area contributed by atoms with Crippen LogP contribution in [0, 0.1) is 5.92 Å². The number of nitrogens with zero attached hydrogens (tertiary/aromatic N) is 2. The second-order valence-electron chi connectivity index (χ2n) is 5.54. The number of benzene rings is 1. The Morgan fingerprint density at radius 1 is 1.35 bits per heavy atom. The summed E-state index contributed by atoms with van der Waals surface area (Å²) in [5.74, 6) is -0.0101. The minimum absolute atomic E-state index is 0.0185. The Bertz CT molecular complexity index is 827. The van der Waals surface area contributed by atoms with E-state index in [0.717, 1.165) is 11.3 Å². The monoisotopic (exact) mass is 335 g/mol. The lowest BCUT2D eigenvalue weighted by Gasteiger charge is -2.05. The number of carbonyl (C=O) groups is 1. The van der Waals surface area contributed by atoms with Crippen molar-refractivity contribution < 1.29 is 17.9 Å². The molecule has 1 saturated carbocycles. The van der Waals surface area contributed by atoms with Crippen LogP contribution < -0.4 is 9.46 Å². The highest BCUT2D eigenvalue weighted by Gasteiger charge is 2.45. The minimum atomic E-state index is -3.86. The average molecular weight is 335 g/mol. The summed E-state index contributed by atoms with van der Waals surface area (Å²) in [6, 6.07) is 7.45. The van der Waals surface area contributed by atoms with Crippen molar-refractivity contribution in [2.75, 3.05) is 7.11 Å². The van der Waals surface area contributed by atoms with E-state index < -0.39 is 15.9 Å². The summed E-state index contributed by atoms with van der Waals surface area (Å²) < 4.78 is 32.8. The lowest BCUT2D eigenvalue weighted by Crippen LogP contribution is -2.31. The zero-order valence-electron chi connectivity index (χ0n) is 12.8. The van der Waals surface area contributed by atoms with Crippen LogP contribution in [0.25, 0.3) is 0 Å². The molecule has 0 radical (unpaired) electrons. The van der Waals surface area contributed by atoms with Crippen molar-refractivity contribution in [3.8, 4) is 5.75 Å². The maximum absolute atomic E-state index is 12.2. The normalized spacial score (nSPS) is 20.1. The van der Waals surface area contributed by atoms with E-state index in [1.165, 1.54) is 17.1 Å². The summed E-state index contributed by atoms with van der Waals surface area (Å²) in [7, 11) is -0.661. The number of carbonyl (C=O) groups excluding carboxylic acids is 1. The molecule has 1 fully saturated rings. The van der Waals surface area contributed by atoms with Crippen molar-refractivity contribution in [3.05, 3.63) is 42.2 Å². The molecule has 1 aliphatic rings. The maximum Gasteiger partial charge on any atom is 0.267 e. The molecular formula is C15H17N3O4S. The molecule has 3 rings (SSSR count). The third kappa shape index (κ3) is 3.21. The van der Waals surface area contributed by atoms with E-state index in [2.05, 4.69) is 9.82 Å². The van der Waals surface area contributed by atoms with Crippen molar-refractivity contribution in [3.63, 3.8) is 0 Å². The Kier molecular flexibility index (Phi) is 3.85. The second-order valence-corrected chi connectivity index (χ2v) is 7.22. The topological polar surface area (TPSA) is 90.3 Å². The van der Waals surface area contributed by atoms with Gasteiger partial charge in [0.25, 0.3) is 10.0 Å². The molecule has 0 aliphatic heterocycles. The van der Waals surface area contributed by atoms with Crippen LogP contribution >= 0.6 is 0 Å². The number of aryl methyl sites for hydroxylation is 1. The highest BCUT2D eigenvalue weighted by molar-refractivity contribution is 7.90. The van der Waals surface area contributed by atoms with Crippen molar-refractivity contribution in [2.45, 2.75) is 17.2 Å². The summed E-state index contributed by atoms with van der Waals surface area (Å²) >= 11 is 0. The van der Waals surface area contributed by atoms with Gasteiger partial charge in [-0.1, -0.05) is 12.1 Å². The molecule has 0 bridgehead atoms. The Morgan fingerprint density at radius 2 is 2.04 bits per heavy atom. The van der Waals surface area contributed by atoms with Crippen molar-refractivity contribution in [1.82, 2.24) is 14.5 Å². The zero-order valence-corrected chi connectivity index (χ0v) is 13.6. The molecule has 1 amide bonds. The number of hydrogen-bond donors (Lipinski definition) is 1. The van der Waals surface area contributed by atoms with Crippen LogP contribution in [0.2, 0.25) is 0 Å². The Labute approximate surface area is 134 Å². The van der Waals surface area contributed by atoms with Crippen LogP contribution in [0.15, 0.2) is 41.6 Å². The average Bonchev–Trinajstić information content (AvgIpc) is 3.21. The fraction of sp³-hybridized carbons (Fsp3) is 0.333. The predicted octanol–water partition coefficient (Wildman–Crippen LogP) is 1.04. The van der Waals surface area contributed by atoms with E-state index in [1.807, 2.05) is 24.3 Å². The van der Waals surface area contributed by atoms with E-state index in [1.54, 1.807) is 14.2 Å². The number of sulfonamides is 1. The van der Waals surface area contributed by atoms with E-state index >= 15 is 0 Å². The summed E-state index contributed by atoms with van der Waals surface area (Å²) in [5, 5.41) is 3.80. The molecule has 2 atom stereocenters. The van der Waals surface area contributed by atoms with E-state index in [9.17, 15) is 13.2 Å². The van der Waals surface area contributed by atoms with Gasteiger partial charge < -0.3 is 4.74 Å². The highest BCUT2D eigenvalue weighted by Crippen LogP contribution is 2.47. The van der Waals surface area contributed by atoms with Crippen LogP contribution in [0.5, 0.6) is 5.75 Å². The molecule has 2 aromatic rings. The Balaban J connectivity index is 1.66. The van der Waals surface area contributed by atoms with Gasteiger partial charge in [-0.15, -0.1) is 0 Å². The van der Waals surface area contributed by atoms with Gasteiger partial charge in [0.1, 0.15) is 10.6 Å². The maximum atomic E-state index is 12.2. The third-order valence-corrected chi connectivity index (χ3v) is 5.20. The first-order valence-corrected chi connectivity index (χ1v) is 8.58. The lowest BCUT2D eigenvalue weighted by molar-refractivity contribution is -0.120. The summed E-state index contributed by atoms with van der Waals surface area (Å²) in [5.41, 5.74) is 1.00. The van der Waals surface area contributed by atoms with Gasteiger partial charge in [0.15, 0.2) is 0 Å². The summed E-state index contributed by atoms with van der Waals surface area (Å²) in [6.07, 6.45) is 3.20. The van der Waals surface area contributed by atoms with Crippen LogP contribution in [-0.2, 0) is 21.9 Å². The number of ether oxygens (including phenoxy) is 1. The molecule has 0 unspecified atom stereocenters. The molecule has 122 valence electrons. The van der Waals surface area contributed by atoms with Crippen molar-refractivity contribution >= 4 is 15.9 Å². The van der Waals surface area contributed by atoms with Crippen molar-refractivity contribution in [1.29, 1.82) is 0 Å². The fourth-order valence-electron chi connectivity index (χ4n) is 2.51. The Morgan fingerprint density at radius 3 is 2.61 bits per heavy atom. The second kappa shape index (κ2) is 5.69. The van der Waals surface area contributed by atoms with Gasteiger partial charge in [0.2, 0.25) is 5.91 Å². The summed E-state index contributed by atoms with van der Waals surface area (Å²) in [6.45, 7) is 0. The molecule has 1 aromatic carbocycles. The number of nitrogens with one attached hydrogen (secondary N) is 1. The van der Waals surface area contributed by atoms with Gasteiger partial charge in [0, 0.05) is 19.2 Å². The highest BCUT2D eigenvalue weighted by atomic mass is 32.2. The van der Waals surface area contributed by atoms with Gasteiger partial charge >= 0.3 is 0 Å². The van der Waals surface area contributed by atoms with Crippen LogP contribution in [0.4, 0.5) is 0 Å². The SMILES string of the molecule is COc1ccc([C@@H]2C[C@@H]2C(=O)NS(=O)(=O)c2cnn(C)c2)cc1. The minimum Gasteiger partial charge on any atom is -0.497 e. The molecule has 0 spiro atoms. The van der Waals surface area contributed by atoms with Crippen molar-refractivity contribution in [2.24, 2.45) is 13.0 Å². The number of aromatic nitrogens is 2. The fourth-order valence-corrected chi connectivity index (χ4v) is 3.52. The molecule has 0 saturated heterocycles. The molecular weight excluding hydrogens is 318 g/mol. The number of rotatable bonds is 5. The number of hydrogen-bond acceptors (Lipinski definition) is 5. The van der Waals surface area contributed by atoms with Crippen LogP contribution in [-0.4, -0.2) is 31.2 Å².